The Labute approximate surface area is 183 Å². The minimum atomic E-state index is -0.0601. The van der Waals surface area contributed by atoms with Crippen molar-refractivity contribution in [2.45, 2.75) is 31.7 Å². The van der Waals surface area contributed by atoms with E-state index < -0.39 is 0 Å². The molecule has 0 aliphatic carbocycles. The van der Waals surface area contributed by atoms with Crippen molar-refractivity contribution < 1.29 is 4.79 Å². The van der Waals surface area contributed by atoms with Gasteiger partial charge in [0.1, 0.15) is 6.33 Å². The predicted molar refractivity (Wildman–Crippen MR) is 122 cm³/mol. The number of nitrogens with zero attached hydrogens (tertiary/aromatic N) is 5. The van der Waals surface area contributed by atoms with Crippen molar-refractivity contribution in [3.63, 3.8) is 0 Å². The third-order valence-electron chi connectivity index (χ3n) is 4.64. The number of amides is 1. The molecule has 0 fully saturated rings. The average Bonchev–Trinajstić information content (AvgIpc) is 3.39. The number of para-hydroxylation sites is 1. The normalized spacial score (nSPS) is 10.9. The van der Waals surface area contributed by atoms with Crippen molar-refractivity contribution in [1.82, 2.24) is 19.7 Å². The summed E-state index contributed by atoms with van der Waals surface area (Å²) in [7, 11) is 0. The van der Waals surface area contributed by atoms with Crippen LogP contribution in [0.25, 0.3) is 5.69 Å². The smallest absolute Gasteiger partial charge is 0.230 e. The number of hydrogen-bond donors (Lipinski definition) is 0. The van der Waals surface area contributed by atoms with E-state index in [-0.39, 0.29) is 5.91 Å². The molecule has 0 bridgehead atoms. The van der Waals surface area contributed by atoms with Gasteiger partial charge in [-0.2, -0.15) is 0 Å². The summed E-state index contributed by atoms with van der Waals surface area (Å²) in [5.74, 6) is 0.573. The van der Waals surface area contributed by atoms with Crippen LogP contribution in [0, 0.1) is 13.8 Å². The summed E-state index contributed by atoms with van der Waals surface area (Å²) in [5, 5.41) is 7.85. The number of carbonyl (C=O) groups excluding carboxylic acids is 1. The Kier molecular flexibility index (Phi) is 5.96. The SMILES string of the molecule is CC(=O)N(c1ccc(C)c(C)c1)c1nc(CSc2ncn(-c3ccccc3)n2)cs1. The second-order valence-corrected chi connectivity index (χ2v) is 8.62. The summed E-state index contributed by atoms with van der Waals surface area (Å²) in [4.78, 5) is 23.0. The second kappa shape index (κ2) is 8.81. The number of carbonyl (C=O) groups is 1. The summed E-state index contributed by atoms with van der Waals surface area (Å²) in [6.45, 7) is 5.66. The van der Waals surface area contributed by atoms with Gasteiger partial charge in [0.25, 0.3) is 0 Å². The maximum absolute atomic E-state index is 12.3. The van der Waals surface area contributed by atoms with Crippen LogP contribution in [0.1, 0.15) is 23.7 Å². The van der Waals surface area contributed by atoms with E-state index in [1.54, 1.807) is 22.8 Å². The monoisotopic (exact) mass is 435 g/mol. The van der Waals surface area contributed by atoms with Crippen LogP contribution in [0.15, 0.2) is 65.4 Å². The van der Waals surface area contributed by atoms with Gasteiger partial charge in [0.05, 0.1) is 17.1 Å². The topological polar surface area (TPSA) is 63.9 Å². The molecule has 0 unspecified atom stereocenters. The Morgan fingerprint density at radius 3 is 2.67 bits per heavy atom. The third kappa shape index (κ3) is 4.44. The molecule has 0 N–H and O–H groups in total. The van der Waals surface area contributed by atoms with Crippen LogP contribution >= 0.6 is 23.1 Å². The fraction of sp³-hybridized carbons (Fsp3) is 0.182. The van der Waals surface area contributed by atoms with E-state index in [4.69, 9.17) is 0 Å². The molecule has 2 aromatic heterocycles. The van der Waals surface area contributed by atoms with E-state index in [2.05, 4.69) is 22.0 Å². The van der Waals surface area contributed by atoms with Gasteiger partial charge in [-0.25, -0.2) is 14.6 Å². The predicted octanol–water partition coefficient (Wildman–Crippen LogP) is 5.32. The lowest BCUT2D eigenvalue weighted by Crippen LogP contribution is -2.22. The molecule has 0 aliphatic rings. The zero-order valence-electron chi connectivity index (χ0n) is 16.9. The number of aryl methyl sites for hydroxylation is 2. The van der Waals surface area contributed by atoms with Gasteiger partial charge < -0.3 is 0 Å². The summed E-state index contributed by atoms with van der Waals surface area (Å²) >= 11 is 2.98. The molecular formula is C22H21N5OS2. The highest BCUT2D eigenvalue weighted by Gasteiger charge is 2.18. The standard InChI is InChI=1S/C22H21N5OS2/c1-15-9-10-20(11-16(15)2)27(17(3)28)22-24-18(13-30-22)12-29-21-23-14-26(25-21)19-7-5-4-6-8-19/h4-11,13-14H,12H2,1-3H3. The van der Waals surface area contributed by atoms with Crippen molar-refractivity contribution in [3.8, 4) is 5.69 Å². The van der Waals surface area contributed by atoms with Crippen molar-refractivity contribution in [2.75, 3.05) is 4.90 Å². The highest BCUT2D eigenvalue weighted by molar-refractivity contribution is 7.98. The number of thioether (sulfide) groups is 1. The Morgan fingerprint density at radius 1 is 1.13 bits per heavy atom. The molecular weight excluding hydrogens is 414 g/mol. The van der Waals surface area contributed by atoms with E-state index in [9.17, 15) is 4.79 Å². The van der Waals surface area contributed by atoms with Crippen LogP contribution in [-0.2, 0) is 10.5 Å². The molecule has 0 spiro atoms. The maximum atomic E-state index is 12.3. The van der Waals surface area contributed by atoms with Crippen LogP contribution in [0.2, 0.25) is 0 Å². The van der Waals surface area contributed by atoms with Crippen molar-refractivity contribution in [1.29, 1.82) is 0 Å². The molecule has 2 aromatic carbocycles. The van der Waals surface area contributed by atoms with Gasteiger partial charge in [-0.05, 0) is 49.2 Å². The van der Waals surface area contributed by atoms with Crippen LogP contribution < -0.4 is 4.90 Å². The zero-order chi connectivity index (χ0) is 21.1. The number of aromatic nitrogens is 4. The zero-order valence-corrected chi connectivity index (χ0v) is 18.6. The number of hydrogen-bond acceptors (Lipinski definition) is 6. The molecule has 0 saturated carbocycles. The Bertz CT molecular complexity index is 1170. The van der Waals surface area contributed by atoms with E-state index in [1.807, 2.05) is 60.8 Å². The van der Waals surface area contributed by atoms with Gasteiger partial charge in [0, 0.05) is 18.1 Å². The molecule has 0 saturated heterocycles. The number of thiazole rings is 1. The Hall–Kier alpha value is -2.97. The summed E-state index contributed by atoms with van der Waals surface area (Å²) in [6.07, 6.45) is 1.71. The van der Waals surface area contributed by atoms with E-state index in [0.717, 1.165) is 22.6 Å². The lowest BCUT2D eigenvalue weighted by molar-refractivity contribution is -0.115. The number of anilines is 2. The first-order chi connectivity index (χ1) is 14.5. The van der Waals surface area contributed by atoms with Crippen LogP contribution in [0.3, 0.4) is 0 Å². The van der Waals surface area contributed by atoms with Gasteiger partial charge in [-0.15, -0.1) is 16.4 Å². The summed E-state index contributed by atoms with van der Waals surface area (Å²) < 4.78 is 1.76. The molecule has 0 radical (unpaired) electrons. The highest BCUT2D eigenvalue weighted by Crippen LogP contribution is 2.31. The molecule has 2 heterocycles. The first kappa shape index (κ1) is 20.3. The molecule has 0 aliphatic heterocycles. The molecule has 4 rings (SSSR count). The molecule has 6 nitrogen and oxygen atoms in total. The summed E-state index contributed by atoms with van der Waals surface area (Å²) in [5.41, 5.74) is 5.04. The van der Waals surface area contributed by atoms with E-state index in [0.29, 0.717) is 16.0 Å². The summed E-state index contributed by atoms with van der Waals surface area (Å²) in [6, 6.07) is 15.9. The molecule has 1 amide bonds. The molecule has 30 heavy (non-hydrogen) atoms. The minimum Gasteiger partial charge on any atom is -0.274 e. The minimum absolute atomic E-state index is 0.0601. The van der Waals surface area contributed by atoms with Crippen molar-refractivity contribution in [3.05, 3.63) is 77.1 Å². The van der Waals surface area contributed by atoms with E-state index >= 15 is 0 Å². The fourth-order valence-corrected chi connectivity index (χ4v) is 4.60. The van der Waals surface area contributed by atoms with Gasteiger partial charge in [0.2, 0.25) is 11.1 Å². The molecule has 4 aromatic rings. The van der Waals surface area contributed by atoms with Gasteiger partial charge in [-0.3, -0.25) is 9.69 Å². The molecule has 0 atom stereocenters. The third-order valence-corrected chi connectivity index (χ3v) is 6.40. The Balaban J connectivity index is 1.47. The largest absolute Gasteiger partial charge is 0.274 e. The van der Waals surface area contributed by atoms with Crippen molar-refractivity contribution in [2.24, 2.45) is 0 Å². The second-order valence-electron chi connectivity index (χ2n) is 6.84. The van der Waals surface area contributed by atoms with Crippen LogP contribution in [-0.4, -0.2) is 25.7 Å². The average molecular weight is 436 g/mol. The van der Waals surface area contributed by atoms with Gasteiger partial charge >= 0.3 is 0 Å². The van der Waals surface area contributed by atoms with Crippen LogP contribution in [0.5, 0.6) is 0 Å². The van der Waals surface area contributed by atoms with E-state index in [1.165, 1.54) is 28.7 Å². The number of rotatable bonds is 6. The lowest BCUT2D eigenvalue weighted by atomic mass is 10.1. The van der Waals surface area contributed by atoms with Crippen LogP contribution in [0.4, 0.5) is 10.8 Å². The maximum Gasteiger partial charge on any atom is 0.230 e. The van der Waals surface area contributed by atoms with Gasteiger partial charge in [0.15, 0.2) is 5.13 Å². The fourth-order valence-electron chi connectivity index (χ4n) is 2.91. The quantitative estimate of drug-likeness (QED) is 0.384. The Morgan fingerprint density at radius 2 is 1.93 bits per heavy atom. The first-order valence-electron chi connectivity index (χ1n) is 9.43. The number of benzene rings is 2. The lowest BCUT2D eigenvalue weighted by Gasteiger charge is -2.19. The first-order valence-corrected chi connectivity index (χ1v) is 11.3. The highest BCUT2D eigenvalue weighted by atomic mass is 32.2. The molecule has 152 valence electrons. The van der Waals surface area contributed by atoms with Crippen molar-refractivity contribution >= 4 is 39.8 Å². The van der Waals surface area contributed by atoms with Gasteiger partial charge in [-0.1, -0.05) is 36.0 Å². The molecule has 8 heteroatoms.